The third-order valence-electron chi connectivity index (χ3n) is 3.04. The molecule has 1 aliphatic heterocycles. The number of amides is 1. The van der Waals surface area contributed by atoms with Gasteiger partial charge < -0.3 is 14.6 Å². The predicted molar refractivity (Wildman–Crippen MR) is 66.7 cm³/mol. The normalized spacial score (nSPS) is 15.3. The second-order valence-corrected chi connectivity index (χ2v) is 4.16. The lowest BCUT2D eigenvalue weighted by Crippen LogP contribution is -2.49. The minimum Gasteiger partial charge on any atom is -0.368 e. The average Bonchev–Trinajstić information content (AvgIpc) is 2.40. The third kappa shape index (κ3) is 2.77. The van der Waals surface area contributed by atoms with Gasteiger partial charge in [-0.15, -0.1) is 0 Å². The smallest absolute Gasteiger partial charge is 0.302 e. The molecule has 1 fully saturated rings. The van der Waals surface area contributed by atoms with Crippen LogP contribution >= 0.6 is 0 Å². The molecule has 1 saturated heterocycles. The van der Waals surface area contributed by atoms with Crippen molar-refractivity contribution in [3.63, 3.8) is 0 Å². The molecule has 4 nitrogen and oxygen atoms in total. The summed E-state index contributed by atoms with van der Waals surface area (Å²) in [4.78, 5) is 18.4. The van der Waals surface area contributed by atoms with Crippen LogP contribution < -0.4 is 4.90 Å². The van der Waals surface area contributed by atoms with Gasteiger partial charge >= 0.3 is 5.91 Å². The number of anilines is 1. The first-order chi connectivity index (χ1) is 8.70. The maximum atomic E-state index is 12.8. The van der Waals surface area contributed by atoms with Gasteiger partial charge in [-0.05, 0) is 24.3 Å². The van der Waals surface area contributed by atoms with Crippen LogP contribution in [0.2, 0.25) is 0 Å². The van der Waals surface area contributed by atoms with Crippen LogP contribution in [0.15, 0.2) is 24.3 Å². The van der Waals surface area contributed by atoms with Gasteiger partial charge in [-0.1, -0.05) is 0 Å². The number of halogens is 1. The monoisotopic (exact) mass is 247 g/mol. The van der Waals surface area contributed by atoms with E-state index in [-0.39, 0.29) is 18.3 Å². The minimum absolute atomic E-state index is 0.0729. The number of hydrogen-bond donors (Lipinski definition) is 0. The van der Waals surface area contributed by atoms with Gasteiger partial charge in [0.05, 0.1) is 0 Å². The number of hydrogen-bond acceptors (Lipinski definition) is 2. The fraction of sp³-hybridized carbons (Fsp3) is 0.385. The highest BCUT2D eigenvalue weighted by Crippen LogP contribution is 2.16. The minimum atomic E-state index is -0.246. The molecule has 0 atom stereocenters. The number of carbonyl (C=O) groups is 1. The molecule has 0 radical (unpaired) electrons. The van der Waals surface area contributed by atoms with Gasteiger partial charge in [-0.2, -0.15) is 0 Å². The van der Waals surface area contributed by atoms with Crippen LogP contribution in [-0.4, -0.2) is 43.5 Å². The van der Waals surface area contributed by atoms with Crippen LogP contribution in [0, 0.1) is 12.4 Å². The molecule has 0 unspecified atom stereocenters. The molecular weight excluding hydrogens is 233 g/mol. The first-order valence-electron chi connectivity index (χ1n) is 5.82. The Kier molecular flexibility index (Phi) is 3.78. The molecule has 0 spiro atoms. The summed E-state index contributed by atoms with van der Waals surface area (Å²) >= 11 is 0. The maximum absolute atomic E-state index is 12.8. The Bertz CT molecular complexity index is 458. The predicted octanol–water partition coefficient (Wildman–Crippen LogP) is 1.39. The lowest BCUT2D eigenvalue weighted by molar-refractivity contribution is -0.129. The van der Waals surface area contributed by atoms with Crippen LogP contribution in [-0.2, 0) is 4.79 Å². The van der Waals surface area contributed by atoms with E-state index in [4.69, 9.17) is 6.57 Å². The largest absolute Gasteiger partial charge is 0.368 e. The zero-order valence-corrected chi connectivity index (χ0v) is 9.97. The van der Waals surface area contributed by atoms with E-state index < -0.39 is 0 Å². The first kappa shape index (κ1) is 12.4. The zero-order valence-electron chi connectivity index (χ0n) is 9.97. The topological polar surface area (TPSA) is 27.9 Å². The van der Waals surface area contributed by atoms with E-state index in [0.717, 1.165) is 18.8 Å². The lowest BCUT2D eigenvalue weighted by atomic mass is 10.2. The van der Waals surface area contributed by atoms with E-state index in [2.05, 4.69) is 9.74 Å². The van der Waals surface area contributed by atoms with Crippen LogP contribution in [0.25, 0.3) is 4.85 Å². The van der Waals surface area contributed by atoms with Gasteiger partial charge in [-0.3, -0.25) is 4.79 Å². The summed E-state index contributed by atoms with van der Waals surface area (Å²) in [5.41, 5.74) is 0.966. The quantitative estimate of drug-likeness (QED) is 0.739. The molecule has 1 aromatic rings. The summed E-state index contributed by atoms with van der Waals surface area (Å²) < 4.78 is 12.8. The zero-order chi connectivity index (χ0) is 13.0. The van der Waals surface area contributed by atoms with Gasteiger partial charge in [0.15, 0.2) is 0 Å². The third-order valence-corrected chi connectivity index (χ3v) is 3.04. The van der Waals surface area contributed by atoms with E-state index in [1.54, 1.807) is 17.0 Å². The van der Waals surface area contributed by atoms with E-state index in [9.17, 15) is 9.18 Å². The molecule has 0 N–H and O–H groups in total. The standard InChI is InChI=1S/C13H14FN3O/c1-15-10-13(18)17-8-6-16(7-9-17)12-4-2-11(14)3-5-12/h2-5H,6-10H2. The van der Waals surface area contributed by atoms with Gasteiger partial charge in [0.1, 0.15) is 5.82 Å². The number of nitrogens with zero attached hydrogens (tertiary/aromatic N) is 3. The fourth-order valence-electron chi connectivity index (χ4n) is 2.03. The number of carbonyl (C=O) groups excluding carboxylic acids is 1. The van der Waals surface area contributed by atoms with Crippen molar-refractivity contribution in [2.75, 3.05) is 37.6 Å². The van der Waals surface area contributed by atoms with Crippen molar-refractivity contribution in [3.8, 4) is 0 Å². The first-order valence-corrected chi connectivity index (χ1v) is 5.82. The molecule has 1 aliphatic rings. The summed E-state index contributed by atoms with van der Waals surface area (Å²) in [6.45, 7) is 9.27. The summed E-state index contributed by atoms with van der Waals surface area (Å²) in [5, 5.41) is 0. The summed E-state index contributed by atoms with van der Waals surface area (Å²) in [7, 11) is 0. The molecule has 0 aliphatic carbocycles. The molecule has 94 valence electrons. The van der Waals surface area contributed by atoms with Crippen LogP contribution in [0.4, 0.5) is 10.1 Å². The molecule has 0 bridgehead atoms. The highest BCUT2D eigenvalue weighted by atomic mass is 19.1. The van der Waals surface area contributed by atoms with Crippen molar-refractivity contribution >= 4 is 11.6 Å². The van der Waals surface area contributed by atoms with Crippen molar-refractivity contribution in [3.05, 3.63) is 41.5 Å². The van der Waals surface area contributed by atoms with Gasteiger partial charge in [0.25, 0.3) is 6.54 Å². The second-order valence-electron chi connectivity index (χ2n) is 4.16. The average molecular weight is 247 g/mol. The van der Waals surface area contributed by atoms with E-state index in [1.807, 2.05) is 0 Å². The van der Waals surface area contributed by atoms with Gasteiger partial charge in [0, 0.05) is 31.9 Å². The van der Waals surface area contributed by atoms with Crippen molar-refractivity contribution in [2.45, 2.75) is 0 Å². The number of rotatable bonds is 2. The van der Waals surface area contributed by atoms with Crippen LogP contribution in [0.1, 0.15) is 0 Å². The van der Waals surface area contributed by atoms with Gasteiger partial charge in [-0.25, -0.2) is 11.0 Å². The molecule has 2 rings (SSSR count). The van der Waals surface area contributed by atoms with Gasteiger partial charge in [0.2, 0.25) is 0 Å². The number of benzene rings is 1. The molecule has 18 heavy (non-hydrogen) atoms. The Hall–Kier alpha value is -2.09. The Morgan fingerprint density at radius 2 is 1.83 bits per heavy atom. The SMILES string of the molecule is [C-]#[N+]CC(=O)N1CCN(c2ccc(F)cc2)CC1. The molecule has 5 heteroatoms. The Morgan fingerprint density at radius 3 is 2.39 bits per heavy atom. The highest BCUT2D eigenvalue weighted by molar-refractivity contribution is 5.80. The number of piperazine rings is 1. The lowest BCUT2D eigenvalue weighted by Gasteiger charge is -2.35. The molecule has 0 saturated carbocycles. The Morgan fingerprint density at radius 1 is 1.22 bits per heavy atom. The molecule has 1 amide bonds. The van der Waals surface area contributed by atoms with Crippen molar-refractivity contribution in [1.82, 2.24) is 4.90 Å². The summed E-state index contributed by atoms with van der Waals surface area (Å²) in [6.07, 6.45) is 0. The summed E-state index contributed by atoms with van der Waals surface area (Å²) in [6, 6.07) is 6.36. The molecule has 0 aromatic heterocycles. The second kappa shape index (κ2) is 5.50. The molecule has 1 aromatic carbocycles. The summed E-state index contributed by atoms with van der Waals surface area (Å²) in [5.74, 6) is -0.353. The maximum Gasteiger partial charge on any atom is 0.302 e. The molecule has 1 heterocycles. The van der Waals surface area contributed by atoms with Crippen molar-refractivity contribution in [1.29, 1.82) is 0 Å². The highest BCUT2D eigenvalue weighted by Gasteiger charge is 2.22. The molecular formula is C13H14FN3O. The van der Waals surface area contributed by atoms with E-state index in [1.165, 1.54) is 12.1 Å². The van der Waals surface area contributed by atoms with Crippen molar-refractivity contribution in [2.24, 2.45) is 0 Å². The van der Waals surface area contributed by atoms with E-state index in [0.29, 0.717) is 13.1 Å². The van der Waals surface area contributed by atoms with Crippen LogP contribution in [0.3, 0.4) is 0 Å². The van der Waals surface area contributed by atoms with E-state index >= 15 is 0 Å². The Labute approximate surface area is 105 Å². The van der Waals surface area contributed by atoms with Crippen LogP contribution in [0.5, 0.6) is 0 Å². The van der Waals surface area contributed by atoms with Crippen molar-refractivity contribution < 1.29 is 9.18 Å². The Balaban J connectivity index is 1.92. The fourth-order valence-corrected chi connectivity index (χ4v) is 2.03.